The highest BCUT2D eigenvalue weighted by atomic mass is 16.5. The van der Waals surface area contributed by atoms with Gasteiger partial charge in [0.15, 0.2) is 0 Å². The Kier molecular flexibility index (Phi) is 70.4. The van der Waals surface area contributed by atoms with Crippen LogP contribution in [0.5, 0.6) is 0 Å². The number of rotatable bonds is 71. The van der Waals surface area contributed by atoms with Crippen molar-refractivity contribution in [2.45, 2.75) is 437 Å². The first-order valence-corrected chi connectivity index (χ1v) is 37.6. The standard InChI is InChI=1S/C76H147NO5/c1-3-5-7-9-11-13-15-16-17-18-36-39-42-45-49-52-56-60-64-68-74(79)73(72-78)77-75(80)69-65-61-57-53-50-46-43-40-37-34-32-30-28-26-24-22-20-19-21-23-25-27-29-31-33-35-38-41-44-47-51-55-59-63-67-71-82-76(81)70-66-62-58-54-48-14-12-10-8-6-4-2/h21,23,64,68,73-74,78-79H,3-20,22,24-63,65-67,69-72H2,1-2H3,(H,77,80)/b23-21-,68-64+. The Morgan fingerprint density at radius 3 is 0.866 bits per heavy atom. The van der Waals surface area contributed by atoms with Crippen LogP contribution in [0.4, 0.5) is 0 Å². The van der Waals surface area contributed by atoms with Crippen LogP contribution in [-0.2, 0) is 14.3 Å². The molecule has 486 valence electrons. The number of nitrogens with one attached hydrogen (secondary N) is 1. The first kappa shape index (κ1) is 80.3. The van der Waals surface area contributed by atoms with Crippen molar-refractivity contribution in [1.82, 2.24) is 5.32 Å². The number of carbonyl (C=O) groups is 2. The lowest BCUT2D eigenvalue weighted by molar-refractivity contribution is -0.143. The quantitative estimate of drug-likeness (QED) is 0.0320. The van der Waals surface area contributed by atoms with Crippen LogP contribution in [0.2, 0.25) is 0 Å². The second-order valence-electron chi connectivity index (χ2n) is 26.0. The lowest BCUT2D eigenvalue weighted by Gasteiger charge is -2.20. The number of unbranched alkanes of at least 4 members (excludes halogenated alkanes) is 58. The third-order valence-electron chi connectivity index (χ3n) is 17.7. The molecular weight excluding hydrogens is 1010 g/mol. The molecule has 2 unspecified atom stereocenters. The van der Waals surface area contributed by atoms with Gasteiger partial charge in [0.05, 0.1) is 25.4 Å². The molecule has 6 heteroatoms. The van der Waals surface area contributed by atoms with Crippen molar-refractivity contribution in [3.63, 3.8) is 0 Å². The Morgan fingerprint density at radius 2 is 0.573 bits per heavy atom. The maximum absolute atomic E-state index is 12.5. The van der Waals surface area contributed by atoms with Crippen LogP contribution < -0.4 is 5.32 Å². The van der Waals surface area contributed by atoms with Crippen LogP contribution >= 0.6 is 0 Å². The molecule has 0 rings (SSSR count). The van der Waals surface area contributed by atoms with E-state index >= 15 is 0 Å². The van der Waals surface area contributed by atoms with Crippen LogP contribution in [0.15, 0.2) is 24.3 Å². The zero-order valence-corrected chi connectivity index (χ0v) is 55.8. The van der Waals surface area contributed by atoms with Crippen molar-refractivity contribution in [2.75, 3.05) is 13.2 Å². The van der Waals surface area contributed by atoms with Crippen molar-refractivity contribution in [3.8, 4) is 0 Å². The largest absolute Gasteiger partial charge is 0.466 e. The molecule has 0 bridgehead atoms. The summed E-state index contributed by atoms with van der Waals surface area (Å²) in [5.74, 6) is -0.0399. The molecule has 0 saturated carbocycles. The van der Waals surface area contributed by atoms with E-state index in [1.807, 2.05) is 6.08 Å². The number of hydrogen-bond donors (Lipinski definition) is 3. The lowest BCUT2D eigenvalue weighted by atomic mass is 10.0. The molecule has 0 aliphatic heterocycles. The van der Waals surface area contributed by atoms with Gasteiger partial charge in [-0.2, -0.15) is 0 Å². The Balaban J connectivity index is 3.36. The number of amides is 1. The topological polar surface area (TPSA) is 95.9 Å². The number of hydrogen-bond acceptors (Lipinski definition) is 5. The Labute approximate surface area is 513 Å². The van der Waals surface area contributed by atoms with E-state index in [1.165, 1.54) is 360 Å². The highest BCUT2D eigenvalue weighted by molar-refractivity contribution is 5.76. The molecular formula is C76H147NO5. The van der Waals surface area contributed by atoms with E-state index in [0.29, 0.717) is 19.4 Å². The Bertz CT molecular complexity index is 1280. The first-order chi connectivity index (χ1) is 40.5. The molecule has 0 aromatic carbocycles. The number of esters is 1. The van der Waals surface area contributed by atoms with E-state index in [-0.39, 0.29) is 18.5 Å². The van der Waals surface area contributed by atoms with E-state index in [1.54, 1.807) is 6.08 Å². The van der Waals surface area contributed by atoms with Gasteiger partial charge in [-0.25, -0.2) is 0 Å². The van der Waals surface area contributed by atoms with Crippen molar-refractivity contribution < 1.29 is 24.5 Å². The van der Waals surface area contributed by atoms with Gasteiger partial charge in [-0.15, -0.1) is 0 Å². The molecule has 1 amide bonds. The molecule has 82 heavy (non-hydrogen) atoms. The van der Waals surface area contributed by atoms with Crippen molar-refractivity contribution in [3.05, 3.63) is 24.3 Å². The van der Waals surface area contributed by atoms with Crippen LogP contribution in [0.25, 0.3) is 0 Å². The number of ether oxygens (including phenoxy) is 1. The molecule has 0 heterocycles. The fourth-order valence-corrected chi connectivity index (χ4v) is 12.0. The molecule has 2 atom stereocenters. The zero-order valence-electron chi connectivity index (χ0n) is 55.8. The predicted molar refractivity (Wildman–Crippen MR) is 361 cm³/mol. The third-order valence-corrected chi connectivity index (χ3v) is 17.7. The average Bonchev–Trinajstić information content (AvgIpc) is 3.48. The fourth-order valence-electron chi connectivity index (χ4n) is 12.0. The fraction of sp³-hybridized carbons (Fsp3) is 0.921. The van der Waals surface area contributed by atoms with E-state index < -0.39 is 12.1 Å². The molecule has 0 fully saturated rings. The smallest absolute Gasteiger partial charge is 0.305 e. The Morgan fingerprint density at radius 1 is 0.329 bits per heavy atom. The zero-order chi connectivity index (χ0) is 59.2. The van der Waals surface area contributed by atoms with Gasteiger partial charge in [0.25, 0.3) is 0 Å². The van der Waals surface area contributed by atoms with Crippen molar-refractivity contribution >= 4 is 11.9 Å². The number of aliphatic hydroxyl groups is 2. The minimum Gasteiger partial charge on any atom is -0.466 e. The van der Waals surface area contributed by atoms with Gasteiger partial charge in [-0.3, -0.25) is 9.59 Å². The van der Waals surface area contributed by atoms with Gasteiger partial charge in [0, 0.05) is 12.8 Å². The Hall–Kier alpha value is -1.66. The van der Waals surface area contributed by atoms with Crippen LogP contribution in [-0.4, -0.2) is 47.4 Å². The van der Waals surface area contributed by atoms with Crippen molar-refractivity contribution in [2.24, 2.45) is 0 Å². The minimum atomic E-state index is -0.842. The van der Waals surface area contributed by atoms with Gasteiger partial charge >= 0.3 is 5.97 Å². The van der Waals surface area contributed by atoms with E-state index in [9.17, 15) is 19.8 Å². The van der Waals surface area contributed by atoms with Crippen LogP contribution in [0.1, 0.15) is 425 Å². The lowest BCUT2D eigenvalue weighted by Crippen LogP contribution is -2.45. The molecule has 0 aliphatic rings. The summed E-state index contributed by atoms with van der Waals surface area (Å²) in [5, 5.41) is 23.2. The summed E-state index contributed by atoms with van der Waals surface area (Å²) in [6.07, 6.45) is 91.5. The average molecular weight is 1160 g/mol. The highest BCUT2D eigenvalue weighted by Crippen LogP contribution is 2.19. The van der Waals surface area contributed by atoms with Gasteiger partial charge < -0.3 is 20.3 Å². The normalized spacial score (nSPS) is 12.6. The van der Waals surface area contributed by atoms with E-state index in [0.717, 1.165) is 38.5 Å². The predicted octanol–water partition coefficient (Wildman–Crippen LogP) is 24.5. The highest BCUT2D eigenvalue weighted by Gasteiger charge is 2.18. The van der Waals surface area contributed by atoms with Crippen LogP contribution in [0.3, 0.4) is 0 Å². The summed E-state index contributed by atoms with van der Waals surface area (Å²) >= 11 is 0. The number of carbonyl (C=O) groups excluding carboxylic acids is 2. The molecule has 0 saturated heterocycles. The molecule has 3 N–H and O–H groups in total. The molecule has 0 aromatic rings. The molecule has 0 radical (unpaired) electrons. The summed E-state index contributed by atoms with van der Waals surface area (Å²) in [5.41, 5.74) is 0. The summed E-state index contributed by atoms with van der Waals surface area (Å²) in [7, 11) is 0. The molecule has 0 aromatic heterocycles. The second-order valence-corrected chi connectivity index (χ2v) is 26.0. The monoisotopic (exact) mass is 1150 g/mol. The molecule has 6 nitrogen and oxygen atoms in total. The SMILES string of the molecule is CCCCCCCCCCCCCCCCCCC/C=C/C(O)C(CO)NC(=O)CCCCCCCCCCCCCCCCCCC/C=C\CCCCCCCCCCCCCCCCOC(=O)CCCCCCCCCCCCC. The summed E-state index contributed by atoms with van der Waals surface area (Å²) in [4.78, 5) is 24.5. The molecule has 0 aliphatic carbocycles. The maximum Gasteiger partial charge on any atom is 0.305 e. The van der Waals surface area contributed by atoms with E-state index in [4.69, 9.17) is 4.74 Å². The number of aliphatic hydroxyl groups excluding tert-OH is 2. The van der Waals surface area contributed by atoms with Gasteiger partial charge in [-0.1, -0.05) is 378 Å². The minimum absolute atomic E-state index is 0.0204. The van der Waals surface area contributed by atoms with Gasteiger partial charge in [0.1, 0.15) is 0 Å². The third kappa shape index (κ3) is 67.5. The summed E-state index contributed by atoms with van der Waals surface area (Å²) in [6, 6.07) is -0.625. The van der Waals surface area contributed by atoms with Gasteiger partial charge in [0.2, 0.25) is 5.91 Å². The van der Waals surface area contributed by atoms with Crippen molar-refractivity contribution in [1.29, 1.82) is 0 Å². The summed E-state index contributed by atoms with van der Waals surface area (Å²) < 4.78 is 5.48. The first-order valence-electron chi connectivity index (χ1n) is 37.6. The van der Waals surface area contributed by atoms with Crippen LogP contribution in [0, 0.1) is 0 Å². The second kappa shape index (κ2) is 71.8. The van der Waals surface area contributed by atoms with Gasteiger partial charge in [-0.05, 0) is 57.8 Å². The summed E-state index contributed by atoms with van der Waals surface area (Å²) in [6.45, 7) is 4.94. The maximum atomic E-state index is 12.5. The molecule has 0 spiro atoms. The van der Waals surface area contributed by atoms with E-state index in [2.05, 4.69) is 31.3 Å². The number of allylic oxidation sites excluding steroid dienone is 3.